The Morgan fingerprint density at radius 1 is 1.25 bits per heavy atom. The van der Waals surface area contributed by atoms with Gasteiger partial charge < -0.3 is 14.8 Å². The van der Waals surface area contributed by atoms with Crippen molar-refractivity contribution in [1.82, 2.24) is 4.98 Å². The van der Waals surface area contributed by atoms with Crippen molar-refractivity contribution in [2.75, 3.05) is 11.9 Å². The van der Waals surface area contributed by atoms with Gasteiger partial charge in [-0.3, -0.25) is 4.79 Å². The maximum atomic E-state index is 11.9. The summed E-state index contributed by atoms with van der Waals surface area (Å²) in [5, 5.41) is 2.98. The first-order valence-corrected chi connectivity index (χ1v) is 8.11. The summed E-state index contributed by atoms with van der Waals surface area (Å²) in [6, 6.07) is 10.1. The van der Waals surface area contributed by atoms with Crippen molar-refractivity contribution in [1.29, 1.82) is 0 Å². The van der Waals surface area contributed by atoms with E-state index in [2.05, 4.69) is 26.2 Å². The minimum atomic E-state index is -0.983. The third-order valence-corrected chi connectivity index (χ3v) is 3.58. The molecule has 2 rings (SSSR count). The summed E-state index contributed by atoms with van der Waals surface area (Å²) in [6.45, 7) is 1.17. The summed E-state index contributed by atoms with van der Waals surface area (Å²) in [7, 11) is 0. The van der Waals surface area contributed by atoms with Crippen molar-refractivity contribution in [2.45, 2.75) is 13.0 Å². The topological polar surface area (TPSA) is 77.5 Å². The zero-order valence-electron chi connectivity index (χ0n) is 12.7. The Morgan fingerprint density at radius 2 is 1.96 bits per heavy atom. The molecular weight excluding hydrogens is 400 g/mol. The molecule has 126 valence electrons. The van der Waals surface area contributed by atoms with Crippen molar-refractivity contribution in [3.05, 3.63) is 52.1 Å². The Morgan fingerprint density at radius 3 is 2.58 bits per heavy atom. The molecular formula is C16H14BrClN2O4. The molecule has 0 radical (unpaired) electrons. The second-order valence-corrected chi connectivity index (χ2v) is 6.08. The number of carbonyl (C=O) groups is 2. The van der Waals surface area contributed by atoms with Gasteiger partial charge in [-0.15, -0.1) is 0 Å². The summed E-state index contributed by atoms with van der Waals surface area (Å²) in [4.78, 5) is 27.6. The minimum absolute atomic E-state index is 0.293. The Balaban J connectivity index is 1.78. The highest BCUT2D eigenvalue weighted by Crippen LogP contribution is 2.16. The molecule has 0 aliphatic rings. The fourth-order valence-electron chi connectivity index (χ4n) is 1.64. The highest BCUT2D eigenvalue weighted by molar-refractivity contribution is 9.10. The molecule has 6 nitrogen and oxygen atoms in total. The number of aromatic nitrogens is 1. The number of pyridine rings is 1. The first-order chi connectivity index (χ1) is 11.4. The molecule has 1 atom stereocenters. The maximum Gasteiger partial charge on any atom is 0.344 e. The van der Waals surface area contributed by atoms with E-state index in [4.69, 9.17) is 21.1 Å². The zero-order chi connectivity index (χ0) is 17.5. The van der Waals surface area contributed by atoms with E-state index < -0.39 is 18.0 Å². The van der Waals surface area contributed by atoms with Crippen molar-refractivity contribution < 1.29 is 19.1 Å². The molecule has 1 amide bonds. The summed E-state index contributed by atoms with van der Waals surface area (Å²) < 4.78 is 11.2. The monoisotopic (exact) mass is 412 g/mol. The zero-order valence-corrected chi connectivity index (χ0v) is 15.0. The molecule has 8 heteroatoms. The Hall–Kier alpha value is -2.12. The third kappa shape index (κ3) is 5.82. The second kappa shape index (κ2) is 8.65. The van der Waals surface area contributed by atoms with Gasteiger partial charge in [-0.25, -0.2) is 9.78 Å². The fraction of sp³-hybridized carbons (Fsp3) is 0.188. The van der Waals surface area contributed by atoms with E-state index in [1.165, 1.54) is 13.1 Å². The van der Waals surface area contributed by atoms with Crippen molar-refractivity contribution in [2.24, 2.45) is 0 Å². The Bertz CT molecular complexity index is 707. The van der Waals surface area contributed by atoms with Gasteiger partial charge in [0.15, 0.2) is 12.7 Å². The molecule has 24 heavy (non-hydrogen) atoms. The molecule has 0 aliphatic heterocycles. The van der Waals surface area contributed by atoms with E-state index in [0.29, 0.717) is 16.6 Å². The van der Waals surface area contributed by atoms with Crippen LogP contribution in [0.1, 0.15) is 6.92 Å². The van der Waals surface area contributed by atoms with Gasteiger partial charge in [0.05, 0.1) is 5.02 Å². The summed E-state index contributed by atoms with van der Waals surface area (Å²) in [5.74, 6) is -0.303. The van der Waals surface area contributed by atoms with E-state index in [9.17, 15) is 9.59 Å². The number of nitrogens with zero attached hydrogens (tertiary/aromatic N) is 1. The molecule has 0 aliphatic carbocycles. The highest BCUT2D eigenvalue weighted by Gasteiger charge is 2.18. The van der Waals surface area contributed by atoms with Crippen LogP contribution in [0.15, 0.2) is 47.1 Å². The van der Waals surface area contributed by atoms with Gasteiger partial charge in [0.25, 0.3) is 5.91 Å². The summed E-state index contributed by atoms with van der Waals surface area (Å²) >= 11 is 9.01. The normalized spacial score (nSPS) is 11.5. The largest absolute Gasteiger partial charge is 0.482 e. The van der Waals surface area contributed by atoms with E-state index >= 15 is 0 Å². The van der Waals surface area contributed by atoms with Crippen LogP contribution in [-0.4, -0.2) is 29.6 Å². The second-order valence-electron chi connectivity index (χ2n) is 4.73. The summed E-state index contributed by atoms with van der Waals surface area (Å²) in [5.41, 5.74) is 0. The average molecular weight is 414 g/mol. The van der Waals surface area contributed by atoms with Gasteiger partial charge in [0.1, 0.15) is 11.6 Å². The molecule has 0 saturated carbocycles. The molecule has 1 aromatic carbocycles. The van der Waals surface area contributed by atoms with Crippen molar-refractivity contribution in [3.8, 4) is 5.75 Å². The van der Waals surface area contributed by atoms with E-state index in [-0.39, 0.29) is 6.61 Å². The molecule has 0 bridgehead atoms. The van der Waals surface area contributed by atoms with Gasteiger partial charge in [-0.1, -0.05) is 27.5 Å². The molecule has 0 saturated heterocycles. The predicted molar refractivity (Wildman–Crippen MR) is 93.1 cm³/mol. The lowest BCUT2D eigenvalue weighted by Gasteiger charge is -2.13. The molecule has 2 aromatic rings. The van der Waals surface area contributed by atoms with E-state index in [0.717, 1.165) is 4.47 Å². The number of esters is 1. The van der Waals surface area contributed by atoms with Crippen LogP contribution in [0.5, 0.6) is 5.75 Å². The lowest BCUT2D eigenvalue weighted by atomic mass is 10.3. The Labute approximate surface area is 152 Å². The van der Waals surface area contributed by atoms with Crippen molar-refractivity contribution in [3.63, 3.8) is 0 Å². The minimum Gasteiger partial charge on any atom is -0.482 e. The molecule has 1 N–H and O–H groups in total. The van der Waals surface area contributed by atoms with E-state index in [1.54, 1.807) is 36.4 Å². The molecule has 0 fully saturated rings. The van der Waals surface area contributed by atoms with Crippen LogP contribution in [0.4, 0.5) is 5.82 Å². The predicted octanol–water partition coefficient (Wildman–Crippen LogP) is 3.45. The van der Waals surface area contributed by atoms with Crippen LogP contribution < -0.4 is 10.1 Å². The molecule has 0 spiro atoms. The first-order valence-electron chi connectivity index (χ1n) is 6.94. The highest BCUT2D eigenvalue weighted by atomic mass is 79.9. The van der Waals surface area contributed by atoms with Crippen LogP contribution in [0, 0.1) is 0 Å². The maximum absolute atomic E-state index is 11.9. The van der Waals surface area contributed by atoms with Gasteiger partial charge in [0, 0.05) is 10.7 Å². The standard InChI is InChI=1S/C16H14BrClN2O4/c1-10(16(22)20-14-7-4-12(18)8-19-14)24-15(21)9-23-13-5-2-11(17)3-6-13/h2-8,10H,9H2,1H3,(H,19,20,22)/t10-/m0/s1. The number of halogens is 2. The number of amides is 1. The van der Waals surface area contributed by atoms with Crippen LogP contribution in [-0.2, 0) is 14.3 Å². The van der Waals surface area contributed by atoms with Crippen LogP contribution in [0.25, 0.3) is 0 Å². The van der Waals surface area contributed by atoms with Crippen LogP contribution in [0.3, 0.4) is 0 Å². The number of carbonyl (C=O) groups excluding carboxylic acids is 2. The molecule has 1 aromatic heterocycles. The summed E-state index contributed by atoms with van der Waals surface area (Å²) in [6.07, 6.45) is 0.420. The van der Waals surface area contributed by atoms with Gasteiger partial charge in [-0.05, 0) is 43.3 Å². The number of hydrogen-bond acceptors (Lipinski definition) is 5. The number of hydrogen-bond donors (Lipinski definition) is 1. The third-order valence-electron chi connectivity index (χ3n) is 2.83. The number of anilines is 1. The van der Waals surface area contributed by atoms with Crippen LogP contribution in [0.2, 0.25) is 5.02 Å². The molecule has 0 unspecified atom stereocenters. The van der Waals surface area contributed by atoms with Gasteiger partial charge in [-0.2, -0.15) is 0 Å². The fourth-order valence-corrected chi connectivity index (χ4v) is 2.01. The SMILES string of the molecule is C[C@H](OC(=O)COc1ccc(Br)cc1)C(=O)Nc1ccc(Cl)cn1. The number of nitrogens with one attached hydrogen (secondary N) is 1. The van der Waals surface area contributed by atoms with Crippen LogP contribution >= 0.6 is 27.5 Å². The number of ether oxygens (including phenoxy) is 2. The quantitative estimate of drug-likeness (QED) is 0.734. The van der Waals surface area contributed by atoms with Crippen molar-refractivity contribution >= 4 is 45.2 Å². The van der Waals surface area contributed by atoms with Gasteiger partial charge >= 0.3 is 5.97 Å². The van der Waals surface area contributed by atoms with E-state index in [1.807, 2.05) is 0 Å². The van der Waals surface area contributed by atoms with Gasteiger partial charge in [0.2, 0.25) is 0 Å². The lowest BCUT2D eigenvalue weighted by Crippen LogP contribution is -2.31. The lowest BCUT2D eigenvalue weighted by molar-refractivity contribution is -0.155. The molecule has 1 heterocycles. The first kappa shape index (κ1) is 18.2. The number of benzene rings is 1. The smallest absolute Gasteiger partial charge is 0.344 e. The number of rotatable bonds is 6. The average Bonchev–Trinajstić information content (AvgIpc) is 2.56. The Kier molecular flexibility index (Phi) is 6.57.